The maximum Gasteiger partial charge on any atom is 0.273 e. The van der Waals surface area contributed by atoms with Gasteiger partial charge in [0, 0.05) is 24.2 Å². The highest BCUT2D eigenvalue weighted by atomic mass is 19.1. The van der Waals surface area contributed by atoms with Crippen molar-refractivity contribution in [3.05, 3.63) is 82.9 Å². The van der Waals surface area contributed by atoms with Gasteiger partial charge in [0.1, 0.15) is 11.5 Å². The molecule has 0 bridgehead atoms. The predicted molar refractivity (Wildman–Crippen MR) is 121 cm³/mol. The summed E-state index contributed by atoms with van der Waals surface area (Å²) < 4.78 is 15.1. The third-order valence-electron chi connectivity index (χ3n) is 7.14. The molecule has 6 nitrogen and oxygen atoms in total. The Bertz CT molecular complexity index is 1230. The molecule has 2 unspecified atom stereocenters. The van der Waals surface area contributed by atoms with Crippen molar-refractivity contribution < 1.29 is 14.0 Å². The van der Waals surface area contributed by atoms with Gasteiger partial charge in [0.2, 0.25) is 0 Å². The largest absolute Gasteiger partial charge is 0.337 e. The lowest BCUT2D eigenvalue weighted by Crippen LogP contribution is -2.42. The predicted octanol–water partition coefficient (Wildman–Crippen LogP) is 4.14. The highest BCUT2D eigenvalue weighted by Gasteiger charge is 2.52. The highest BCUT2D eigenvalue weighted by Crippen LogP contribution is 2.52. The van der Waals surface area contributed by atoms with E-state index >= 15 is 0 Å². The molecule has 0 radical (unpaired) electrons. The monoisotopic (exact) mass is 444 g/mol. The summed E-state index contributed by atoms with van der Waals surface area (Å²) in [7, 11) is 0. The first-order chi connectivity index (χ1) is 16.0. The van der Waals surface area contributed by atoms with Gasteiger partial charge in [0.05, 0.1) is 23.5 Å². The number of para-hydroxylation sites is 1. The smallest absolute Gasteiger partial charge is 0.273 e. The van der Waals surface area contributed by atoms with Crippen molar-refractivity contribution in [3.8, 4) is 5.69 Å². The Hall–Kier alpha value is -3.48. The lowest BCUT2D eigenvalue weighted by molar-refractivity contribution is 0.0579. The van der Waals surface area contributed by atoms with E-state index in [9.17, 15) is 14.0 Å². The normalized spacial score (nSPS) is 22.2. The van der Waals surface area contributed by atoms with E-state index in [4.69, 9.17) is 5.10 Å². The number of hydrogen-bond donors (Lipinski definition) is 0. The number of carbonyl (C=O) groups is 2. The number of fused-ring (bicyclic) bond motifs is 1. The van der Waals surface area contributed by atoms with Crippen molar-refractivity contribution in [1.82, 2.24) is 19.6 Å². The van der Waals surface area contributed by atoms with E-state index in [1.165, 1.54) is 24.3 Å². The van der Waals surface area contributed by atoms with Gasteiger partial charge in [-0.15, -0.1) is 0 Å². The van der Waals surface area contributed by atoms with Crippen molar-refractivity contribution in [2.75, 3.05) is 13.1 Å². The van der Waals surface area contributed by atoms with Gasteiger partial charge in [0.25, 0.3) is 11.8 Å². The molecule has 0 spiro atoms. The molecule has 3 aliphatic rings. The van der Waals surface area contributed by atoms with E-state index < -0.39 is 0 Å². The van der Waals surface area contributed by atoms with Crippen molar-refractivity contribution >= 4 is 11.8 Å². The summed E-state index contributed by atoms with van der Waals surface area (Å²) in [5.74, 6) is -0.0192. The summed E-state index contributed by atoms with van der Waals surface area (Å²) in [5.41, 5.74) is 3.97. The number of nitrogens with zero attached hydrogens (tertiary/aromatic N) is 4. The minimum atomic E-state index is -0.360. The molecular formula is C26H25FN4O2. The van der Waals surface area contributed by atoms with E-state index in [2.05, 4.69) is 0 Å². The van der Waals surface area contributed by atoms with Crippen LogP contribution in [0.1, 0.15) is 57.4 Å². The van der Waals surface area contributed by atoms with Crippen LogP contribution in [0.2, 0.25) is 0 Å². The van der Waals surface area contributed by atoms with E-state index in [0.717, 1.165) is 36.2 Å². The molecule has 1 saturated heterocycles. The zero-order valence-corrected chi connectivity index (χ0v) is 18.4. The van der Waals surface area contributed by atoms with E-state index in [0.29, 0.717) is 30.3 Å². The van der Waals surface area contributed by atoms with Gasteiger partial charge in [-0.25, -0.2) is 9.07 Å². The summed E-state index contributed by atoms with van der Waals surface area (Å²) in [6.07, 6.45) is 2.95. The van der Waals surface area contributed by atoms with Crippen molar-refractivity contribution in [3.63, 3.8) is 0 Å². The summed E-state index contributed by atoms with van der Waals surface area (Å²) in [6.45, 7) is 3.07. The van der Waals surface area contributed by atoms with Crippen molar-refractivity contribution in [2.24, 2.45) is 5.92 Å². The minimum absolute atomic E-state index is 0.00688. The first kappa shape index (κ1) is 20.1. The van der Waals surface area contributed by atoms with Gasteiger partial charge < -0.3 is 9.80 Å². The zero-order valence-electron chi connectivity index (χ0n) is 18.4. The Labute approximate surface area is 191 Å². The topological polar surface area (TPSA) is 58.4 Å². The molecule has 168 valence electrons. The Balaban J connectivity index is 1.31. The van der Waals surface area contributed by atoms with Crippen LogP contribution in [0.4, 0.5) is 4.39 Å². The number of carbonyl (C=O) groups excluding carboxylic acids is 2. The molecule has 2 amide bonds. The Morgan fingerprint density at radius 1 is 1.03 bits per heavy atom. The molecule has 1 aromatic heterocycles. The van der Waals surface area contributed by atoms with Crippen LogP contribution >= 0.6 is 0 Å². The average Bonchev–Trinajstić information content (AvgIpc) is 3.33. The summed E-state index contributed by atoms with van der Waals surface area (Å²) in [6, 6.07) is 15.4. The molecule has 1 saturated carbocycles. The maximum absolute atomic E-state index is 13.8. The molecule has 2 aliphatic heterocycles. The molecule has 2 fully saturated rings. The van der Waals surface area contributed by atoms with Crippen LogP contribution in [-0.4, -0.2) is 50.5 Å². The molecule has 3 aromatic rings. The molecule has 3 heterocycles. The first-order valence-electron chi connectivity index (χ1n) is 11.6. The van der Waals surface area contributed by atoms with Gasteiger partial charge in [-0.3, -0.25) is 9.59 Å². The molecule has 1 aliphatic carbocycles. The molecule has 2 atom stereocenters. The third-order valence-corrected chi connectivity index (χ3v) is 7.14. The SMILES string of the molecule is Cc1nn(-c2ccccc2)c2c1C(C1CC1)N(C1CCN(C(=O)c3ccc(F)cc3)C1)C2=O. The Morgan fingerprint density at radius 2 is 1.76 bits per heavy atom. The fourth-order valence-electron chi connectivity index (χ4n) is 5.44. The second-order valence-electron chi connectivity index (χ2n) is 9.29. The third kappa shape index (κ3) is 3.25. The second kappa shape index (κ2) is 7.54. The first-order valence-corrected chi connectivity index (χ1v) is 11.6. The maximum atomic E-state index is 13.8. The van der Waals surface area contributed by atoms with Crippen LogP contribution in [0.3, 0.4) is 0 Å². The van der Waals surface area contributed by atoms with E-state index in [1.54, 1.807) is 9.58 Å². The number of likely N-dealkylation sites (tertiary alicyclic amines) is 1. The van der Waals surface area contributed by atoms with E-state index in [1.807, 2.05) is 42.2 Å². The van der Waals surface area contributed by atoms with Crippen LogP contribution in [0.25, 0.3) is 5.69 Å². The molecule has 7 heteroatoms. The van der Waals surface area contributed by atoms with Crippen LogP contribution in [0, 0.1) is 18.7 Å². The van der Waals surface area contributed by atoms with Crippen LogP contribution in [-0.2, 0) is 0 Å². The van der Waals surface area contributed by atoms with Crippen LogP contribution in [0.5, 0.6) is 0 Å². The number of amides is 2. The molecule has 33 heavy (non-hydrogen) atoms. The number of hydrogen-bond acceptors (Lipinski definition) is 3. The van der Waals surface area contributed by atoms with Crippen molar-refractivity contribution in [2.45, 2.75) is 38.3 Å². The molecule has 2 aromatic carbocycles. The minimum Gasteiger partial charge on any atom is -0.337 e. The zero-order chi connectivity index (χ0) is 22.7. The lowest BCUT2D eigenvalue weighted by Gasteiger charge is -2.31. The number of rotatable bonds is 4. The van der Waals surface area contributed by atoms with Crippen LogP contribution in [0.15, 0.2) is 54.6 Å². The van der Waals surface area contributed by atoms with Crippen molar-refractivity contribution in [1.29, 1.82) is 0 Å². The van der Waals surface area contributed by atoms with Crippen LogP contribution < -0.4 is 0 Å². The van der Waals surface area contributed by atoms with Gasteiger partial charge in [0.15, 0.2) is 0 Å². The molecule has 0 N–H and O–H groups in total. The summed E-state index contributed by atoms with van der Waals surface area (Å²) in [4.78, 5) is 30.6. The Kier molecular flexibility index (Phi) is 4.60. The van der Waals surface area contributed by atoms with Gasteiger partial charge in [-0.05, 0) is 68.5 Å². The molecule has 6 rings (SSSR count). The number of aromatic nitrogens is 2. The number of halogens is 1. The molecular weight excluding hydrogens is 419 g/mol. The fraction of sp³-hybridized carbons (Fsp3) is 0.346. The number of aryl methyl sites for hydroxylation is 1. The average molecular weight is 445 g/mol. The van der Waals surface area contributed by atoms with Gasteiger partial charge >= 0.3 is 0 Å². The standard InChI is InChI=1S/C26H25FN4O2/c1-16-22-23(17-7-8-17)30(26(33)24(22)31(28-16)20-5-3-2-4-6-20)21-13-14-29(15-21)25(32)18-9-11-19(27)12-10-18/h2-6,9-12,17,21,23H,7-8,13-15H2,1H3. The summed E-state index contributed by atoms with van der Waals surface area (Å²) >= 11 is 0. The fourth-order valence-corrected chi connectivity index (χ4v) is 5.44. The summed E-state index contributed by atoms with van der Waals surface area (Å²) in [5, 5.41) is 4.74. The number of benzene rings is 2. The Morgan fingerprint density at radius 3 is 2.45 bits per heavy atom. The second-order valence-corrected chi connectivity index (χ2v) is 9.29. The quantitative estimate of drug-likeness (QED) is 0.608. The lowest BCUT2D eigenvalue weighted by atomic mass is 10.0. The highest BCUT2D eigenvalue weighted by molar-refractivity contribution is 5.99. The van der Waals surface area contributed by atoms with E-state index in [-0.39, 0.29) is 29.7 Å². The van der Waals surface area contributed by atoms with Gasteiger partial charge in [-0.1, -0.05) is 18.2 Å². The van der Waals surface area contributed by atoms with Gasteiger partial charge in [-0.2, -0.15) is 5.10 Å².